The zero-order chi connectivity index (χ0) is 32.3. The molecule has 8 heterocycles. The number of aromatic nitrogens is 4. The molecule has 5 aliphatic rings. The van der Waals surface area contributed by atoms with Gasteiger partial charge in [-0.05, 0) is 46.1 Å². The van der Waals surface area contributed by atoms with Crippen LogP contribution in [0.25, 0.3) is 22.2 Å². The number of pyridine rings is 2. The van der Waals surface area contributed by atoms with Crippen LogP contribution < -0.4 is 25.4 Å². The molecule has 6 atom stereocenters. The summed E-state index contributed by atoms with van der Waals surface area (Å²) in [5.74, 6) is -3.69. The van der Waals surface area contributed by atoms with Crippen molar-refractivity contribution in [3.8, 4) is 23.1 Å². The lowest BCUT2D eigenvalue weighted by atomic mass is 9.95. The predicted molar refractivity (Wildman–Crippen MR) is 154 cm³/mol. The average molecular weight is 651 g/mol. The van der Waals surface area contributed by atoms with E-state index in [1.54, 1.807) is 6.92 Å². The number of aryl methyl sites for hydroxylation is 1. The molecule has 4 saturated heterocycles. The number of rotatable bonds is 4. The molecule has 246 valence electrons. The van der Waals surface area contributed by atoms with Crippen molar-refractivity contribution in [1.29, 1.82) is 0 Å². The van der Waals surface area contributed by atoms with Crippen LogP contribution >= 0.6 is 0 Å². The Labute approximate surface area is 259 Å². The average Bonchev–Trinajstić information content (AvgIpc) is 3.62. The molecule has 0 saturated carbocycles. The summed E-state index contributed by atoms with van der Waals surface area (Å²) >= 11 is 0. The molecule has 16 heteroatoms. The van der Waals surface area contributed by atoms with Crippen LogP contribution in [0.2, 0.25) is 0 Å². The highest BCUT2D eigenvalue weighted by atomic mass is 19.4. The van der Waals surface area contributed by atoms with Gasteiger partial charge in [0.25, 0.3) is 0 Å². The Morgan fingerprint density at radius 3 is 2.70 bits per heavy atom. The fourth-order valence-electron chi connectivity index (χ4n) is 8.44. The minimum Gasteiger partial charge on any atom is -0.472 e. The molecule has 2 bridgehead atoms. The minimum atomic E-state index is -5.12. The molecule has 4 fully saturated rings. The van der Waals surface area contributed by atoms with Crippen molar-refractivity contribution >= 4 is 22.5 Å². The van der Waals surface area contributed by atoms with Gasteiger partial charge in [0.2, 0.25) is 5.88 Å². The molecule has 0 aromatic carbocycles. The number of hydrogen-bond acceptors (Lipinski definition) is 10. The third kappa shape index (κ3) is 4.38. The molecule has 3 N–H and O–H groups in total. The monoisotopic (exact) mass is 650 g/mol. The summed E-state index contributed by atoms with van der Waals surface area (Å²) in [6, 6.07) is -0.407. The lowest BCUT2D eigenvalue weighted by Crippen LogP contribution is -2.62. The smallest absolute Gasteiger partial charge is 0.418 e. The van der Waals surface area contributed by atoms with E-state index in [0.717, 1.165) is 32.7 Å². The van der Waals surface area contributed by atoms with Gasteiger partial charge in [0.1, 0.15) is 41.3 Å². The highest BCUT2D eigenvalue weighted by molar-refractivity contribution is 5.97. The standard InChI is InChI=1S/C30H32F6N8O2/c1-12-19(30(34,35)36)17(20(32)25(37)38-12)22-21(33)23-18-26(42-28(41-23)45-11-29-6-3-7-43(29)9-14(31)8-29)44-10-15-4-5-16(39-15)24(44)13(2)46-27(18)40-22/h13-16,24,39H,3-11H2,1-2H3,(H2,37,38)/t13-,14+,15+,16-,24+,29?/m0/s1. The van der Waals surface area contributed by atoms with Crippen molar-refractivity contribution in [1.82, 2.24) is 30.2 Å². The summed E-state index contributed by atoms with van der Waals surface area (Å²) in [6.45, 7) is 4.36. The van der Waals surface area contributed by atoms with Gasteiger partial charge in [0.15, 0.2) is 17.5 Å². The number of fused-ring (bicyclic) bond motifs is 6. The molecule has 3 aromatic heterocycles. The number of alkyl halides is 4. The molecule has 0 aliphatic carbocycles. The quantitative estimate of drug-likeness (QED) is 0.396. The van der Waals surface area contributed by atoms with E-state index in [1.165, 1.54) is 0 Å². The molecule has 0 spiro atoms. The Balaban J connectivity index is 1.34. The maximum Gasteiger partial charge on any atom is 0.418 e. The highest BCUT2D eigenvalue weighted by Crippen LogP contribution is 2.48. The van der Waals surface area contributed by atoms with Crippen molar-refractivity contribution < 1.29 is 35.8 Å². The zero-order valence-corrected chi connectivity index (χ0v) is 25.1. The highest BCUT2D eigenvalue weighted by Gasteiger charge is 2.50. The molecular formula is C30H32F6N8O2. The summed E-state index contributed by atoms with van der Waals surface area (Å²) < 4.78 is 102. The van der Waals surface area contributed by atoms with E-state index in [4.69, 9.17) is 20.2 Å². The van der Waals surface area contributed by atoms with Gasteiger partial charge in [-0.1, -0.05) is 0 Å². The van der Waals surface area contributed by atoms with Gasteiger partial charge >= 0.3 is 12.2 Å². The molecule has 0 radical (unpaired) electrons. The molecule has 0 amide bonds. The van der Waals surface area contributed by atoms with Crippen LogP contribution in [0.4, 0.5) is 38.0 Å². The van der Waals surface area contributed by atoms with E-state index in [9.17, 15) is 17.6 Å². The number of ether oxygens (including phenoxy) is 2. The number of hydrogen-bond donors (Lipinski definition) is 2. The molecule has 46 heavy (non-hydrogen) atoms. The van der Waals surface area contributed by atoms with Crippen LogP contribution in [0.5, 0.6) is 11.9 Å². The van der Waals surface area contributed by atoms with Crippen molar-refractivity contribution in [2.75, 3.05) is 36.9 Å². The van der Waals surface area contributed by atoms with E-state index in [0.29, 0.717) is 19.5 Å². The minimum absolute atomic E-state index is 0.00963. The number of nitrogen functional groups attached to an aromatic ring is 1. The number of piperazine rings is 1. The third-order valence-electron chi connectivity index (χ3n) is 10.3. The Morgan fingerprint density at radius 2 is 1.91 bits per heavy atom. The molecule has 8 rings (SSSR count). The molecule has 1 unspecified atom stereocenters. The van der Waals surface area contributed by atoms with Gasteiger partial charge in [-0.3, -0.25) is 4.90 Å². The van der Waals surface area contributed by atoms with Gasteiger partial charge in [-0.25, -0.2) is 23.1 Å². The van der Waals surface area contributed by atoms with Gasteiger partial charge in [-0.2, -0.15) is 23.1 Å². The maximum atomic E-state index is 16.7. The number of nitrogens with two attached hydrogens (primary N) is 1. The fraction of sp³-hybridized carbons (Fsp3) is 0.600. The second-order valence-corrected chi connectivity index (χ2v) is 13.2. The second-order valence-electron chi connectivity index (χ2n) is 13.2. The van der Waals surface area contributed by atoms with E-state index < -0.39 is 69.5 Å². The summed E-state index contributed by atoms with van der Waals surface area (Å²) in [7, 11) is 0. The normalized spacial score (nSPS) is 30.3. The zero-order valence-electron chi connectivity index (χ0n) is 25.1. The molecule has 10 nitrogen and oxygen atoms in total. The summed E-state index contributed by atoms with van der Waals surface area (Å²) in [6.07, 6.45) is -3.10. The lowest BCUT2D eigenvalue weighted by molar-refractivity contribution is -0.138. The fourth-order valence-corrected chi connectivity index (χ4v) is 8.44. The van der Waals surface area contributed by atoms with Gasteiger partial charge < -0.3 is 25.4 Å². The van der Waals surface area contributed by atoms with Crippen LogP contribution in [-0.2, 0) is 6.18 Å². The van der Waals surface area contributed by atoms with Crippen molar-refractivity contribution in [2.24, 2.45) is 0 Å². The Morgan fingerprint density at radius 1 is 1.11 bits per heavy atom. The van der Waals surface area contributed by atoms with Gasteiger partial charge in [0, 0.05) is 31.6 Å². The van der Waals surface area contributed by atoms with Gasteiger partial charge in [0.05, 0.1) is 28.4 Å². The van der Waals surface area contributed by atoms with E-state index in [1.807, 2.05) is 9.80 Å². The Bertz CT molecular complexity index is 1760. The van der Waals surface area contributed by atoms with Crippen LogP contribution in [0, 0.1) is 18.6 Å². The first kappa shape index (κ1) is 29.7. The summed E-state index contributed by atoms with van der Waals surface area (Å²) in [5.41, 5.74) is 0.347. The molecular weight excluding hydrogens is 618 g/mol. The summed E-state index contributed by atoms with van der Waals surface area (Å²) in [4.78, 5) is 20.8. The van der Waals surface area contributed by atoms with E-state index >= 15 is 8.78 Å². The number of nitrogens with zero attached hydrogens (tertiary/aromatic N) is 6. The van der Waals surface area contributed by atoms with Gasteiger partial charge in [-0.15, -0.1) is 0 Å². The Kier molecular flexibility index (Phi) is 6.57. The van der Waals surface area contributed by atoms with E-state index in [2.05, 4.69) is 20.3 Å². The van der Waals surface area contributed by atoms with Crippen LogP contribution in [0.3, 0.4) is 0 Å². The first-order valence-corrected chi connectivity index (χ1v) is 15.5. The topological polar surface area (TPSA) is 115 Å². The first-order chi connectivity index (χ1) is 21.8. The number of halogens is 6. The number of nitrogens with one attached hydrogen (secondary N) is 1. The lowest BCUT2D eigenvalue weighted by Gasteiger charge is -2.42. The Hall–Kier alpha value is -3.66. The van der Waals surface area contributed by atoms with Crippen LogP contribution in [0.15, 0.2) is 0 Å². The van der Waals surface area contributed by atoms with Crippen molar-refractivity contribution in [3.63, 3.8) is 0 Å². The largest absolute Gasteiger partial charge is 0.472 e. The van der Waals surface area contributed by atoms with Crippen molar-refractivity contribution in [2.45, 2.75) is 88.1 Å². The summed E-state index contributed by atoms with van der Waals surface area (Å²) in [5, 5.41) is 3.62. The van der Waals surface area contributed by atoms with Crippen LogP contribution in [0.1, 0.15) is 50.3 Å². The number of anilines is 2. The predicted octanol–water partition coefficient (Wildman–Crippen LogP) is 4.32. The molecule has 3 aromatic rings. The van der Waals surface area contributed by atoms with E-state index in [-0.39, 0.29) is 54.2 Å². The second kappa shape index (κ2) is 10.2. The molecule has 5 aliphatic heterocycles. The maximum absolute atomic E-state index is 16.7. The van der Waals surface area contributed by atoms with Crippen molar-refractivity contribution in [3.05, 3.63) is 22.9 Å². The third-order valence-corrected chi connectivity index (χ3v) is 10.3. The SMILES string of the molecule is Cc1nc(N)c(F)c(-c2nc3c4c(nc(OCC56CCCN5C[C@H](F)C6)nc4c2F)N2C[C@H]4CC[C@H](N4)[C@H]2[C@H](C)O3)c1C(F)(F)F. The first-order valence-electron chi connectivity index (χ1n) is 15.5. The van der Waals surface area contributed by atoms with Crippen LogP contribution in [-0.4, -0.2) is 87.0 Å².